The van der Waals surface area contributed by atoms with E-state index in [9.17, 15) is 4.79 Å². The summed E-state index contributed by atoms with van der Waals surface area (Å²) in [7, 11) is 5.29. The van der Waals surface area contributed by atoms with Crippen LogP contribution in [0.4, 0.5) is 0 Å². The molecule has 0 aliphatic rings. The van der Waals surface area contributed by atoms with Gasteiger partial charge in [0.15, 0.2) is 0 Å². The second kappa shape index (κ2) is 9.64. The van der Waals surface area contributed by atoms with E-state index in [-0.39, 0.29) is 18.3 Å². The molecule has 1 rings (SSSR count). The number of benzene rings is 1. The quantitative estimate of drug-likeness (QED) is 0.830. The third-order valence-corrected chi connectivity index (χ3v) is 2.87. The molecule has 0 aliphatic carbocycles. The summed E-state index contributed by atoms with van der Waals surface area (Å²) in [5.41, 5.74) is 1.27. The van der Waals surface area contributed by atoms with E-state index in [0.29, 0.717) is 6.54 Å². The Labute approximate surface area is 121 Å². The van der Waals surface area contributed by atoms with E-state index in [1.54, 1.807) is 19.1 Å². The molecule has 19 heavy (non-hydrogen) atoms. The molecule has 0 heterocycles. The van der Waals surface area contributed by atoms with Crippen molar-refractivity contribution in [2.45, 2.75) is 12.8 Å². The molecule has 5 heteroatoms. The third kappa shape index (κ3) is 6.45. The fourth-order valence-corrected chi connectivity index (χ4v) is 1.72. The summed E-state index contributed by atoms with van der Waals surface area (Å²) in [4.78, 5) is 13.3. The van der Waals surface area contributed by atoms with Crippen molar-refractivity contribution in [2.24, 2.45) is 0 Å². The second-order valence-electron chi connectivity index (χ2n) is 4.30. The summed E-state index contributed by atoms with van der Waals surface area (Å²) < 4.78 is 5.11. The molecule has 0 saturated carbocycles. The molecule has 1 aromatic rings. The molecule has 0 saturated heterocycles. The van der Waals surface area contributed by atoms with E-state index in [0.717, 1.165) is 25.1 Å². The van der Waals surface area contributed by atoms with Crippen molar-refractivity contribution in [1.82, 2.24) is 10.2 Å². The number of aryl methyl sites for hydroxylation is 1. The van der Waals surface area contributed by atoms with Gasteiger partial charge in [-0.05, 0) is 37.6 Å². The summed E-state index contributed by atoms with van der Waals surface area (Å²) >= 11 is 0. The van der Waals surface area contributed by atoms with Gasteiger partial charge in [0.05, 0.1) is 13.7 Å². The fraction of sp³-hybridized carbons (Fsp3) is 0.500. The number of carbonyl (C=O) groups is 1. The van der Waals surface area contributed by atoms with Crippen molar-refractivity contribution in [3.63, 3.8) is 0 Å². The molecular formula is C14H23ClN2O2. The fourth-order valence-electron chi connectivity index (χ4n) is 1.72. The summed E-state index contributed by atoms with van der Waals surface area (Å²) in [6, 6.07) is 8.05. The van der Waals surface area contributed by atoms with Gasteiger partial charge in [0.1, 0.15) is 5.75 Å². The first-order valence-corrected chi connectivity index (χ1v) is 6.19. The highest BCUT2D eigenvalue weighted by atomic mass is 35.5. The number of carbonyl (C=O) groups excluding carboxylic acids is 1. The monoisotopic (exact) mass is 286 g/mol. The maximum atomic E-state index is 11.5. The van der Waals surface area contributed by atoms with E-state index < -0.39 is 0 Å². The molecule has 1 aromatic carbocycles. The van der Waals surface area contributed by atoms with Crippen LogP contribution in [0.15, 0.2) is 24.3 Å². The van der Waals surface area contributed by atoms with Crippen LogP contribution in [-0.4, -0.2) is 45.1 Å². The molecule has 0 bridgehead atoms. The molecule has 0 aliphatic heterocycles. The van der Waals surface area contributed by atoms with Crippen LogP contribution >= 0.6 is 12.4 Å². The molecule has 0 atom stereocenters. The average molecular weight is 287 g/mol. The first-order chi connectivity index (χ1) is 8.67. The molecular weight excluding hydrogens is 264 g/mol. The van der Waals surface area contributed by atoms with Gasteiger partial charge in [-0.2, -0.15) is 0 Å². The van der Waals surface area contributed by atoms with Crippen molar-refractivity contribution < 1.29 is 9.53 Å². The first-order valence-electron chi connectivity index (χ1n) is 6.19. The average Bonchev–Trinajstić information content (AvgIpc) is 2.39. The van der Waals surface area contributed by atoms with Gasteiger partial charge >= 0.3 is 0 Å². The van der Waals surface area contributed by atoms with Crippen LogP contribution in [0.5, 0.6) is 5.75 Å². The maximum absolute atomic E-state index is 11.5. The number of nitrogens with zero attached hydrogens (tertiary/aromatic N) is 1. The lowest BCUT2D eigenvalue weighted by molar-refractivity contribution is -0.128. The summed E-state index contributed by atoms with van der Waals surface area (Å²) in [6.07, 6.45) is 1.94. The molecule has 4 nitrogen and oxygen atoms in total. The number of ether oxygens (including phenoxy) is 1. The molecule has 1 N–H and O–H groups in total. The highest BCUT2D eigenvalue weighted by Crippen LogP contribution is 2.12. The van der Waals surface area contributed by atoms with Gasteiger partial charge in [-0.3, -0.25) is 4.79 Å². The number of rotatable bonds is 7. The number of methoxy groups -OCH3 is 1. The Hall–Kier alpha value is -1.26. The van der Waals surface area contributed by atoms with Crippen LogP contribution in [0.3, 0.4) is 0 Å². The Kier molecular flexibility index (Phi) is 9.00. The topological polar surface area (TPSA) is 41.6 Å². The first kappa shape index (κ1) is 17.7. The standard InChI is InChI=1S/C14H22N2O2.ClH/c1-15-11-14(17)16(2)10-4-5-12-6-8-13(18-3)9-7-12;/h6-9,15H,4-5,10-11H2,1-3H3;1H. The highest BCUT2D eigenvalue weighted by molar-refractivity contribution is 5.85. The zero-order chi connectivity index (χ0) is 13.4. The third-order valence-electron chi connectivity index (χ3n) is 2.87. The van der Waals surface area contributed by atoms with E-state index in [1.807, 2.05) is 19.2 Å². The normalized spacial score (nSPS) is 9.63. The zero-order valence-electron chi connectivity index (χ0n) is 11.8. The van der Waals surface area contributed by atoms with E-state index in [1.165, 1.54) is 5.56 Å². The lowest BCUT2D eigenvalue weighted by Crippen LogP contribution is -2.34. The minimum absolute atomic E-state index is 0. The second-order valence-corrected chi connectivity index (χ2v) is 4.30. The van der Waals surface area contributed by atoms with E-state index in [4.69, 9.17) is 4.74 Å². The van der Waals surface area contributed by atoms with Gasteiger partial charge in [0, 0.05) is 13.6 Å². The lowest BCUT2D eigenvalue weighted by Gasteiger charge is -2.16. The Morgan fingerprint density at radius 3 is 2.47 bits per heavy atom. The largest absolute Gasteiger partial charge is 0.497 e. The molecule has 0 fully saturated rings. The molecule has 0 spiro atoms. The van der Waals surface area contributed by atoms with Gasteiger partial charge < -0.3 is 15.0 Å². The van der Waals surface area contributed by atoms with Crippen molar-refractivity contribution >= 4 is 18.3 Å². The van der Waals surface area contributed by atoms with Crippen LogP contribution in [0, 0.1) is 0 Å². The van der Waals surface area contributed by atoms with E-state index >= 15 is 0 Å². The maximum Gasteiger partial charge on any atom is 0.236 e. The number of likely N-dealkylation sites (N-methyl/N-ethyl adjacent to an activating group) is 2. The summed E-state index contributed by atoms with van der Waals surface area (Å²) in [5, 5.41) is 2.86. The smallest absolute Gasteiger partial charge is 0.236 e. The van der Waals surface area contributed by atoms with Crippen LogP contribution < -0.4 is 10.1 Å². The number of amides is 1. The Bertz CT molecular complexity index is 368. The van der Waals surface area contributed by atoms with E-state index in [2.05, 4.69) is 17.4 Å². The minimum Gasteiger partial charge on any atom is -0.497 e. The lowest BCUT2D eigenvalue weighted by atomic mass is 10.1. The molecule has 1 amide bonds. The SMILES string of the molecule is CNCC(=O)N(C)CCCc1ccc(OC)cc1.Cl. The summed E-state index contributed by atoms with van der Waals surface area (Å²) in [6.45, 7) is 1.19. The molecule has 0 unspecified atom stereocenters. The zero-order valence-corrected chi connectivity index (χ0v) is 12.6. The summed E-state index contributed by atoms with van der Waals surface area (Å²) in [5.74, 6) is 1.01. The van der Waals surface area contributed by atoms with Crippen LogP contribution in [-0.2, 0) is 11.2 Å². The Balaban J connectivity index is 0.00000324. The van der Waals surface area contributed by atoms with Crippen molar-refractivity contribution in [1.29, 1.82) is 0 Å². The Morgan fingerprint density at radius 1 is 1.32 bits per heavy atom. The van der Waals surface area contributed by atoms with Crippen LogP contribution in [0.2, 0.25) is 0 Å². The van der Waals surface area contributed by atoms with Gasteiger partial charge in [0.25, 0.3) is 0 Å². The predicted molar refractivity (Wildman–Crippen MR) is 80.1 cm³/mol. The molecule has 0 radical (unpaired) electrons. The van der Waals surface area contributed by atoms with Crippen molar-refractivity contribution in [3.8, 4) is 5.75 Å². The van der Waals surface area contributed by atoms with Gasteiger partial charge in [0.2, 0.25) is 5.91 Å². The molecule has 108 valence electrons. The molecule has 0 aromatic heterocycles. The van der Waals surface area contributed by atoms with Crippen molar-refractivity contribution in [3.05, 3.63) is 29.8 Å². The number of hydrogen-bond donors (Lipinski definition) is 1. The number of halogens is 1. The highest BCUT2D eigenvalue weighted by Gasteiger charge is 2.06. The predicted octanol–water partition coefficient (Wildman–Crippen LogP) is 1.73. The minimum atomic E-state index is 0. The van der Waals surface area contributed by atoms with Gasteiger partial charge in [-0.15, -0.1) is 12.4 Å². The number of hydrogen-bond acceptors (Lipinski definition) is 3. The number of nitrogens with one attached hydrogen (secondary N) is 1. The van der Waals surface area contributed by atoms with Gasteiger partial charge in [-0.25, -0.2) is 0 Å². The van der Waals surface area contributed by atoms with Crippen LogP contribution in [0.1, 0.15) is 12.0 Å². The van der Waals surface area contributed by atoms with Crippen LogP contribution in [0.25, 0.3) is 0 Å². The van der Waals surface area contributed by atoms with Gasteiger partial charge in [-0.1, -0.05) is 12.1 Å². The van der Waals surface area contributed by atoms with Crippen molar-refractivity contribution in [2.75, 3.05) is 34.3 Å². The Morgan fingerprint density at radius 2 is 1.95 bits per heavy atom.